The molecule has 2 aromatic rings. The zero-order valence-electron chi connectivity index (χ0n) is 15.4. The fraction of sp³-hybridized carbons (Fsp3) is 0.318. The Balaban J connectivity index is 1.83. The minimum absolute atomic E-state index is 0.115. The lowest BCUT2D eigenvalue weighted by Crippen LogP contribution is -2.07. The fourth-order valence-corrected chi connectivity index (χ4v) is 3.20. The first kappa shape index (κ1) is 20.7. The number of nitriles is 1. The maximum atomic E-state index is 12.3. The largest absolute Gasteiger partial charge is 0.462 e. The van der Waals surface area contributed by atoms with Crippen LogP contribution >= 0.6 is 11.8 Å². The molecule has 2 aromatic carbocycles. The van der Waals surface area contributed by atoms with Crippen LogP contribution in [0.1, 0.15) is 65.3 Å². The molecule has 2 rings (SSSR count). The quantitative estimate of drug-likeness (QED) is 0.320. The monoisotopic (exact) mass is 381 g/mol. The van der Waals surface area contributed by atoms with E-state index in [0.29, 0.717) is 23.3 Å². The van der Waals surface area contributed by atoms with E-state index in [9.17, 15) is 9.59 Å². The van der Waals surface area contributed by atoms with Gasteiger partial charge in [-0.05, 0) is 66.7 Å². The van der Waals surface area contributed by atoms with Crippen molar-refractivity contribution >= 4 is 22.8 Å². The summed E-state index contributed by atoms with van der Waals surface area (Å²) in [5, 5.41) is 8.68. The van der Waals surface area contributed by atoms with Gasteiger partial charge in [0.2, 0.25) is 5.12 Å². The Morgan fingerprint density at radius 3 is 2.19 bits per heavy atom. The number of unbranched alkanes of at least 4 members (excludes halogenated alkanes) is 4. The number of thioether (sulfide) groups is 1. The molecule has 0 aliphatic carbocycles. The van der Waals surface area contributed by atoms with Crippen molar-refractivity contribution in [1.82, 2.24) is 0 Å². The van der Waals surface area contributed by atoms with E-state index in [-0.39, 0.29) is 11.1 Å². The van der Waals surface area contributed by atoms with Gasteiger partial charge in [0.1, 0.15) is 0 Å². The Bertz CT molecular complexity index is 792. The molecule has 4 nitrogen and oxygen atoms in total. The third-order valence-corrected chi connectivity index (χ3v) is 4.96. The van der Waals surface area contributed by atoms with Gasteiger partial charge in [-0.3, -0.25) is 4.79 Å². The van der Waals surface area contributed by atoms with Crippen molar-refractivity contribution in [2.45, 2.75) is 43.9 Å². The molecule has 0 saturated heterocycles. The first-order valence-electron chi connectivity index (χ1n) is 9.13. The first-order chi connectivity index (χ1) is 13.1. The molecule has 0 atom stereocenters. The number of esters is 1. The molecule has 5 heteroatoms. The van der Waals surface area contributed by atoms with Crippen molar-refractivity contribution in [3.05, 3.63) is 65.2 Å². The number of rotatable bonds is 9. The van der Waals surface area contributed by atoms with E-state index >= 15 is 0 Å². The highest BCUT2D eigenvalue weighted by Gasteiger charge is 2.11. The summed E-state index contributed by atoms with van der Waals surface area (Å²) in [6.45, 7) is 2.59. The number of hydrogen-bond donors (Lipinski definition) is 0. The molecule has 0 N–H and O–H groups in total. The van der Waals surface area contributed by atoms with Gasteiger partial charge in [-0.25, -0.2) is 4.79 Å². The number of hydrogen-bond acceptors (Lipinski definition) is 5. The van der Waals surface area contributed by atoms with Gasteiger partial charge in [-0.15, -0.1) is 0 Å². The molecule has 0 bridgehead atoms. The first-order valence-corrected chi connectivity index (χ1v) is 9.95. The van der Waals surface area contributed by atoms with Gasteiger partial charge in [-0.2, -0.15) is 5.26 Å². The van der Waals surface area contributed by atoms with Crippen LogP contribution in [0.2, 0.25) is 0 Å². The van der Waals surface area contributed by atoms with Crippen LogP contribution in [0.5, 0.6) is 0 Å². The van der Waals surface area contributed by atoms with Crippen molar-refractivity contribution < 1.29 is 14.3 Å². The molecule has 0 heterocycles. The Morgan fingerprint density at radius 1 is 0.926 bits per heavy atom. The van der Waals surface area contributed by atoms with E-state index in [1.807, 2.05) is 6.07 Å². The van der Waals surface area contributed by atoms with E-state index in [4.69, 9.17) is 10.00 Å². The van der Waals surface area contributed by atoms with E-state index in [1.165, 1.54) is 19.3 Å². The normalized spacial score (nSPS) is 10.2. The number of ether oxygens (including phenoxy) is 1. The third kappa shape index (κ3) is 6.92. The molecule has 0 aliphatic heterocycles. The number of carbonyl (C=O) groups excluding carboxylic acids is 2. The second kappa shape index (κ2) is 11.2. The molecule has 0 unspecified atom stereocenters. The van der Waals surface area contributed by atoms with Crippen molar-refractivity contribution in [1.29, 1.82) is 5.26 Å². The molecule has 140 valence electrons. The molecular formula is C22H23NO3S. The molecule has 0 spiro atoms. The number of carbonyl (C=O) groups is 2. The highest BCUT2D eigenvalue weighted by Crippen LogP contribution is 2.23. The summed E-state index contributed by atoms with van der Waals surface area (Å²) in [7, 11) is 0. The smallest absolute Gasteiger partial charge is 0.338 e. The van der Waals surface area contributed by atoms with E-state index in [0.717, 1.165) is 29.5 Å². The summed E-state index contributed by atoms with van der Waals surface area (Å²) in [6.07, 6.45) is 5.52. The van der Waals surface area contributed by atoms with E-state index in [2.05, 4.69) is 6.92 Å². The second-order valence-corrected chi connectivity index (χ2v) is 7.20. The lowest BCUT2D eigenvalue weighted by molar-refractivity contribution is 0.0497. The van der Waals surface area contributed by atoms with Crippen LogP contribution in [-0.2, 0) is 4.74 Å². The maximum absolute atomic E-state index is 12.3. The van der Waals surface area contributed by atoms with Gasteiger partial charge in [0.15, 0.2) is 0 Å². The Morgan fingerprint density at radius 2 is 1.56 bits per heavy atom. The molecule has 0 fully saturated rings. The summed E-state index contributed by atoms with van der Waals surface area (Å²) in [6, 6.07) is 15.4. The van der Waals surface area contributed by atoms with Gasteiger partial charge >= 0.3 is 5.97 Å². The van der Waals surface area contributed by atoms with Crippen LogP contribution < -0.4 is 0 Å². The molecule has 27 heavy (non-hydrogen) atoms. The van der Waals surface area contributed by atoms with Crippen LogP contribution in [0.25, 0.3) is 0 Å². The van der Waals surface area contributed by atoms with Gasteiger partial charge in [0, 0.05) is 10.5 Å². The summed E-state index contributed by atoms with van der Waals surface area (Å²) in [5.74, 6) is -0.357. The Kier molecular flexibility index (Phi) is 8.60. The summed E-state index contributed by atoms with van der Waals surface area (Å²) < 4.78 is 5.27. The van der Waals surface area contributed by atoms with E-state index < -0.39 is 0 Å². The SMILES string of the molecule is CCCCCCCOC(=O)c1ccc(C(=O)Sc2ccc(C#N)cc2)cc1. The third-order valence-electron chi connectivity index (χ3n) is 4.03. The van der Waals surface area contributed by atoms with Gasteiger partial charge in [0.25, 0.3) is 0 Å². The van der Waals surface area contributed by atoms with Crippen molar-refractivity contribution in [3.63, 3.8) is 0 Å². The highest BCUT2D eigenvalue weighted by molar-refractivity contribution is 8.14. The predicted octanol–water partition coefficient (Wildman–Crippen LogP) is 5.62. The highest BCUT2D eigenvalue weighted by atomic mass is 32.2. The van der Waals surface area contributed by atoms with Gasteiger partial charge in [0.05, 0.1) is 23.8 Å². The van der Waals surface area contributed by atoms with Crippen LogP contribution in [0.4, 0.5) is 0 Å². The average Bonchev–Trinajstić information content (AvgIpc) is 2.71. The molecule has 0 radical (unpaired) electrons. The van der Waals surface area contributed by atoms with Crippen LogP contribution in [0.15, 0.2) is 53.4 Å². The molecule has 0 aromatic heterocycles. The van der Waals surface area contributed by atoms with E-state index in [1.54, 1.807) is 48.5 Å². The number of benzene rings is 2. The van der Waals surface area contributed by atoms with Crippen LogP contribution in [0, 0.1) is 11.3 Å². The van der Waals surface area contributed by atoms with Crippen LogP contribution in [0.3, 0.4) is 0 Å². The lowest BCUT2D eigenvalue weighted by atomic mass is 10.1. The summed E-state index contributed by atoms with van der Waals surface area (Å²) in [4.78, 5) is 25.1. The zero-order chi connectivity index (χ0) is 19.5. The second-order valence-electron chi connectivity index (χ2n) is 6.15. The average molecular weight is 381 g/mol. The minimum atomic E-state index is -0.357. The Labute approximate surface area is 164 Å². The van der Waals surface area contributed by atoms with Gasteiger partial charge < -0.3 is 4.74 Å². The minimum Gasteiger partial charge on any atom is -0.462 e. The predicted molar refractivity (Wildman–Crippen MR) is 107 cm³/mol. The maximum Gasteiger partial charge on any atom is 0.338 e. The fourth-order valence-electron chi connectivity index (χ4n) is 2.46. The number of nitrogens with zero attached hydrogens (tertiary/aromatic N) is 1. The van der Waals surface area contributed by atoms with Crippen LogP contribution in [-0.4, -0.2) is 17.7 Å². The van der Waals surface area contributed by atoms with Crippen molar-refractivity contribution in [3.8, 4) is 6.07 Å². The van der Waals surface area contributed by atoms with Crippen molar-refractivity contribution in [2.24, 2.45) is 0 Å². The molecular weight excluding hydrogens is 358 g/mol. The molecule has 0 aliphatic rings. The lowest BCUT2D eigenvalue weighted by Gasteiger charge is -2.06. The topological polar surface area (TPSA) is 67.2 Å². The summed E-state index contributed by atoms with van der Waals surface area (Å²) in [5.41, 5.74) is 1.52. The Hall–Kier alpha value is -2.58. The van der Waals surface area contributed by atoms with Gasteiger partial charge in [-0.1, -0.05) is 32.6 Å². The van der Waals surface area contributed by atoms with Crippen molar-refractivity contribution in [2.75, 3.05) is 6.61 Å². The zero-order valence-corrected chi connectivity index (χ0v) is 16.3. The molecule has 0 saturated carbocycles. The molecule has 0 amide bonds. The standard InChI is InChI=1S/C22H23NO3S/c1-2-3-4-5-6-15-26-21(24)18-9-11-19(12-10-18)22(25)27-20-13-7-17(16-23)8-14-20/h7-14H,2-6,15H2,1H3. The summed E-state index contributed by atoms with van der Waals surface area (Å²) >= 11 is 1.09.